The second-order valence-corrected chi connectivity index (χ2v) is 10.9. The third-order valence-corrected chi connectivity index (χ3v) is 7.38. The molecule has 12 heteroatoms. The second kappa shape index (κ2) is 10.1. The number of hydrogen-bond donors (Lipinski definition) is 2. The summed E-state index contributed by atoms with van der Waals surface area (Å²) >= 11 is 0. The lowest BCUT2D eigenvalue weighted by atomic mass is 10.0. The molecule has 1 amide bonds. The molecule has 0 saturated heterocycles. The Morgan fingerprint density at radius 2 is 1.79 bits per heavy atom. The van der Waals surface area contributed by atoms with E-state index in [1.54, 1.807) is 19.9 Å². The van der Waals surface area contributed by atoms with Crippen molar-refractivity contribution in [2.45, 2.75) is 26.6 Å². The molecule has 2 heterocycles. The lowest BCUT2D eigenvalue weighted by molar-refractivity contribution is -0.137. The van der Waals surface area contributed by atoms with Crippen LogP contribution in [0.15, 0.2) is 65.6 Å². The molecule has 2 aromatic carbocycles. The summed E-state index contributed by atoms with van der Waals surface area (Å²) in [7, 11) is -4.16. The van der Waals surface area contributed by atoms with Crippen LogP contribution in [0.4, 0.5) is 17.6 Å². The molecule has 0 spiro atoms. The van der Waals surface area contributed by atoms with Gasteiger partial charge < -0.3 is 9.55 Å². The van der Waals surface area contributed by atoms with Gasteiger partial charge in [0, 0.05) is 33.8 Å². The zero-order valence-electron chi connectivity index (χ0n) is 20.3. The van der Waals surface area contributed by atoms with Crippen molar-refractivity contribution in [2.75, 3.05) is 5.75 Å². The molecule has 7 nitrogen and oxygen atoms in total. The summed E-state index contributed by atoms with van der Waals surface area (Å²) in [5.41, 5.74) is -2.35. The molecule has 0 bridgehead atoms. The number of hydrogen-bond acceptors (Lipinski definition) is 4. The summed E-state index contributed by atoms with van der Waals surface area (Å²) in [5, 5.41) is -0.126. The molecule has 200 valence electrons. The van der Waals surface area contributed by atoms with E-state index in [4.69, 9.17) is 0 Å². The Labute approximate surface area is 215 Å². The third-order valence-electron chi connectivity index (χ3n) is 5.78. The molecule has 0 unspecified atom stereocenters. The molecule has 2 aromatic heterocycles. The molecular formula is C26H23F4N3O4S. The number of carbonyl (C=O) groups excluding carboxylic acids is 1. The zero-order chi connectivity index (χ0) is 27.8. The molecule has 2 N–H and O–H groups in total. The first-order valence-corrected chi connectivity index (χ1v) is 13.1. The number of fused-ring (bicyclic) bond motifs is 1. The molecule has 0 atom stereocenters. The largest absolute Gasteiger partial charge is 0.416 e. The predicted molar refractivity (Wildman–Crippen MR) is 135 cm³/mol. The van der Waals surface area contributed by atoms with E-state index in [0.29, 0.717) is 0 Å². The molecule has 4 rings (SSSR count). The van der Waals surface area contributed by atoms with Gasteiger partial charge in [0.2, 0.25) is 10.0 Å². The number of rotatable bonds is 7. The Morgan fingerprint density at radius 1 is 1.08 bits per heavy atom. The van der Waals surface area contributed by atoms with Gasteiger partial charge in [-0.1, -0.05) is 32.0 Å². The first-order valence-electron chi connectivity index (χ1n) is 11.5. The number of aromatic amines is 1. The van der Waals surface area contributed by atoms with Gasteiger partial charge in [-0.2, -0.15) is 13.2 Å². The molecule has 38 heavy (non-hydrogen) atoms. The van der Waals surface area contributed by atoms with E-state index in [0.717, 1.165) is 18.2 Å². The van der Waals surface area contributed by atoms with Gasteiger partial charge in [0.1, 0.15) is 11.5 Å². The highest BCUT2D eigenvalue weighted by Crippen LogP contribution is 2.38. The fourth-order valence-electron chi connectivity index (χ4n) is 4.29. The van der Waals surface area contributed by atoms with Crippen LogP contribution in [0, 0.1) is 11.7 Å². The van der Waals surface area contributed by atoms with Crippen LogP contribution >= 0.6 is 0 Å². The van der Waals surface area contributed by atoms with Crippen molar-refractivity contribution in [1.29, 1.82) is 0 Å². The Balaban J connectivity index is 2.08. The second-order valence-electron chi connectivity index (χ2n) is 9.15. The van der Waals surface area contributed by atoms with Crippen molar-refractivity contribution in [1.82, 2.24) is 14.3 Å². The summed E-state index contributed by atoms with van der Waals surface area (Å²) in [5.74, 6) is -2.54. The van der Waals surface area contributed by atoms with Gasteiger partial charge in [-0.05, 0) is 42.3 Å². The van der Waals surface area contributed by atoms with E-state index in [-0.39, 0.29) is 40.1 Å². The number of H-pyrrole nitrogens is 1. The van der Waals surface area contributed by atoms with Crippen LogP contribution in [0.2, 0.25) is 0 Å². The molecule has 0 fully saturated rings. The summed E-state index contributed by atoms with van der Waals surface area (Å²) < 4.78 is 84.1. The molecular weight excluding hydrogens is 526 g/mol. The van der Waals surface area contributed by atoms with Gasteiger partial charge in [-0.25, -0.2) is 17.5 Å². The molecule has 4 aromatic rings. The number of sulfonamides is 1. The van der Waals surface area contributed by atoms with Gasteiger partial charge in [-0.15, -0.1) is 0 Å². The van der Waals surface area contributed by atoms with Crippen molar-refractivity contribution in [3.05, 3.63) is 93.8 Å². The number of nitrogens with zero attached hydrogens (tertiary/aromatic N) is 1. The Kier molecular flexibility index (Phi) is 7.20. The van der Waals surface area contributed by atoms with Crippen LogP contribution in [0.25, 0.3) is 22.0 Å². The normalized spacial score (nSPS) is 12.3. The number of halogens is 4. The van der Waals surface area contributed by atoms with Crippen LogP contribution in [-0.4, -0.2) is 29.6 Å². The minimum atomic E-state index is -4.74. The monoisotopic (exact) mass is 549 g/mol. The highest BCUT2D eigenvalue weighted by Gasteiger charge is 2.34. The number of carbonyl (C=O) groups is 1. The minimum absolute atomic E-state index is 0.0749. The van der Waals surface area contributed by atoms with E-state index in [9.17, 15) is 35.6 Å². The van der Waals surface area contributed by atoms with E-state index in [1.165, 1.54) is 41.1 Å². The van der Waals surface area contributed by atoms with Crippen molar-refractivity contribution in [3.63, 3.8) is 0 Å². The maximum absolute atomic E-state index is 14.6. The lowest BCUT2D eigenvalue weighted by Crippen LogP contribution is -2.35. The maximum Gasteiger partial charge on any atom is 0.416 e. The van der Waals surface area contributed by atoms with Crippen molar-refractivity contribution in [2.24, 2.45) is 5.92 Å². The smallest absolute Gasteiger partial charge is 0.331 e. The minimum Gasteiger partial charge on any atom is -0.331 e. The summed E-state index contributed by atoms with van der Waals surface area (Å²) in [4.78, 5) is 28.8. The summed E-state index contributed by atoms with van der Waals surface area (Å²) in [6, 6.07) is 11.0. The Hall–Kier alpha value is -3.93. The highest BCUT2D eigenvalue weighted by molar-refractivity contribution is 7.90. The number of aromatic nitrogens is 2. The Morgan fingerprint density at radius 3 is 2.42 bits per heavy atom. The average Bonchev–Trinajstić information content (AvgIpc) is 3.12. The first kappa shape index (κ1) is 27.1. The average molecular weight is 550 g/mol. The highest BCUT2D eigenvalue weighted by atomic mass is 32.2. The van der Waals surface area contributed by atoms with Crippen LogP contribution in [0.3, 0.4) is 0 Å². The number of benzene rings is 2. The van der Waals surface area contributed by atoms with Gasteiger partial charge in [-0.3, -0.25) is 9.59 Å². The van der Waals surface area contributed by atoms with Crippen LogP contribution in [0.5, 0.6) is 0 Å². The maximum atomic E-state index is 14.6. The van der Waals surface area contributed by atoms with E-state index in [2.05, 4.69) is 4.98 Å². The van der Waals surface area contributed by atoms with E-state index in [1.807, 2.05) is 4.72 Å². The van der Waals surface area contributed by atoms with Crippen LogP contribution in [0.1, 0.15) is 35.5 Å². The van der Waals surface area contributed by atoms with Gasteiger partial charge in [0.05, 0.1) is 17.9 Å². The quantitative estimate of drug-likeness (QED) is 0.320. The number of pyridine rings is 1. The van der Waals surface area contributed by atoms with Crippen molar-refractivity contribution < 1.29 is 30.8 Å². The van der Waals surface area contributed by atoms with E-state index < -0.39 is 50.5 Å². The Bertz CT molecular complexity index is 1690. The van der Waals surface area contributed by atoms with Gasteiger partial charge in [0.25, 0.3) is 11.5 Å². The standard InChI is InChI=1S/C26H23F4N3O4S/c1-15(2)14-38(36,37)32-25(35)23-22(18-7-5-11-31-24(18)34)19-12-17(26(28,29)30)9-10-21(19)33(23)13-16-6-3-4-8-20(16)27/h3-12,15H,13-14H2,1-2H3,(H,31,34)(H,32,35). The van der Waals surface area contributed by atoms with Crippen LogP contribution in [-0.2, 0) is 22.7 Å². The van der Waals surface area contributed by atoms with Gasteiger partial charge >= 0.3 is 6.18 Å². The fraction of sp³-hybridized carbons (Fsp3) is 0.231. The first-order chi connectivity index (χ1) is 17.8. The number of nitrogens with one attached hydrogen (secondary N) is 2. The topological polar surface area (TPSA) is 101 Å². The SMILES string of the molecule is CC(C)CS(=O)(=O)NC(=O)c1c(-c2ccc[nH]c2=O)c2cc(C(F)(F)F)ccc2n1Cc1ccccc1F. The number of alkyl halides is 3. The lowest BCUT2D eigenvalue weighted by Gasteiger charge is -2.14. The van der Waals surface area contributed by atoms with E-state index >= 15 is 0 Å². The third kappa shape index (κ3) is 5.49. The van der Waals surface area contributed by atoms with Gasteiger partial charge in [0.15, 0.2) is 0 Å². The molecule has 0 aliphatic heterocycles. The molecule has 0 saturated carbocycles. The van der Waals surface area contributed by atoms with Crippen LogP contribution < -0.4 is 10.3 Å². The zero-order valence-corrected chi connectivity index (χ0v) is 21.1. The molecule has 0 aliphatic rings. The van der Waals surface area contributed by atoms with Crippen molar-refractivity contribution in [3.8, 4) is 11.1 Å². The summed E-state index contributed by atoms with van der Waals surface area (Å²) in [6.07, 6.45) is -3.44. The summed E-state index contributed by atoms with van der Waals surface area (Å²) in [6.45, 7) is 2.94. The fourth-order valence-corrected chi connectivity index (χ4v) is 5.63. The molecule has 0 radical (unpaired) electrons. The molecule has 0 aliphatic carbocycles. The number of amides is 1. The predicted octanol–water partition coefficient (Wildman–Crippen LogP) is 4.92. The van der Waals surface area contributed by atoms with Crippen molar-refractivity contribution >= 4 is 26.8 Å².